The number of methoxy groups -OCH3 is 2. The normalized spacial score (nSPS) is 16.2. The van der Waals surface area contributed by atoms with Crippen molar-refractivity contribution in [3.8, 4) is 11.5 Å². The van der Waals surface area contributed by atoms with Crippen molar-refractivity contribution in [2.45, 2.75) is 0 Å². The Morgan fingerprint density at radius 1 is 0.935 bits per heavy atom. The molecule has 1 aliphatic heterocycles. The lowest BCUT2D eigenvalue weighted by atomic mass is 10.1. The van der Waals surface area contributed by atoms with Gasteiger partial charge in [-0.1, -0.05) is 36.4 Å². The van der Waals surface area contributed by atoms with Crippen LogP contribution in [0.3, 0.4) is 0 Å². The van der Waals surface area contributed by atoms with Gasteiger partial charge in [-0.3, -0.25) is 9.69 Å². The van der Waals surface area contributed by atoms with Crippen molar-refractivity contribution in [2.24, 2.45) is 4.99 Å². The van der Waals surface area contributed by atoms with Gasteiger partial charge >= 0.3 is 0 Å². The maximum Gasteiger partial charge on any atom is 0.271 e. The summed E-state index contributed by atoms with van der Waals surface area (Å²) in [6.07, 6.45) is 1.82. The summed E-state index contributed by atoms with van der Waals surface area (Å²) in [4.78, 5) is 20.3. The Morgan fingerprint density at radius 3 is 2.23 bits per heavy atom. The van der Waals surface area contributed by atoms with Crippen molar-refractivity contribution in [1.82, 2.24) is 0 Å². The van der Waals surface area contributed by atoms with Crippen LogP contribution in [0.2, 0.25) is 0 Å². The van der Waals surface area contributed by atoms with Crippen LogP contribution >= 0.6 is 27.7 Å². The Bertz CT molecular complexity index is 1160. The van der Waals surface area contributed by atoms with Crippen LogP contribution in [0.4, 0.5) is 11.4 Å². The van der Waals surface area contributed by atoms with Gasteiger partial charge in [-0.05, 0) is 64.1 Å². The van der Waals surface area contributed by atoms with Gasteiger partial charge in [-0.15, -0.1) is 0 Å². The summed E-state index contributed by atoms with van der Waals surface area (Å²) in [7, 11) is 3.19. The zero-order valence-electron chi connectivity index (χ0n) is 16.9. The van der Waals surface area contributed by atoms with Gasteiger partial charge in [-0.25, -0.2) is 4.99 Å². The van der Waals surface area contributed by atoms with Gasteiger partial charge < -0.3 is 9.47 Å². The molecular formula is C24H19BrN2O3S. The minimum atomic E-state index is -0.139. The van der Waals surface area contributed by atoms with E-state index >= 15 is 0 Å². The molecule has 0 radical (unpaired) electrons. The second kappa shape index (κ2) is 9.41. The number of aliphatic imine (C=N–C) groups is 1. The highest BCUT2D eigenvalue weighted by atomic mass is 79.9. The van der Waals surface area contributed by atoms with E-state index in [0.29, 0.717) is 21.6 Å². The number of amidine groups is 1. The summed E-state index contributed by atoms with van der Waals surface area (Å²) >= 11 is 4.84. The van der Waals surface area contributed by atoms with Gasteiger partial charge in [0.1, 0.15) is 11.5 Å². The molecule has 1 fully saturated rings. The van der Waals surface area contributed by atoms with E-state index in [1.54, 1.807) is 25.2 Å². The van der Waals surface area contributed by atoms with Crippen molar-refractivity contribution < 1.29 is 14.3 Å². The van der Waals surface area contributed by atoms with E-state index < -0.39 is 0 Å². The first-order valence-electron chi connectivity index (χ1n) is 9.45. The number of amides is 1. The zero-order chi connectivity index (χ0) is 21.8. The number of carbonyl (C=O) groups excluding carboxylic acids is 1. The van der Waals surface area contributed by atoms with Crippen molar-refractivity contribution in [3.63, 3.8) is 0 Å². The van der Waals surface area contributed by atoms with Gasteiger partial charge in [0, 0.05) is 11.6 Å². The average Bonchev–Trinajstić information content (AvgIpc) is 3.09. The van der Waals surface area contributed by atoms with Crippen LogP contribution < -0.4 is 14.4 Å². The minimum Gasteiger partial charge on any atom is -0.496 e. The molecule has 1 heterocycles. The molecule has 5 nitrogen and oxygen atoms in total. The van der Waals surface area contributed by atoms with Crippen LogP contribution in [0.15, 0.2) is 87.2 Å². The molecule has 0 N–H and O–H groups in total. The van der Waals surface area contributed by atoms with Crippen molar-refractivity contribution in [2.75, 3.05) is 19.1 Å². The average molecular weight is 495 g/mol. The molecule has 0 bridgehead atoms. The fraction of sp³-hybridized carbons (Fsp3) is 0.0833. The van der Waals surface area contributed by atoms with Gasteiger partial charge in [0.15, 0.2) is 5.17 Å². The number of halogens is 1. The van der Waals surface area contributed by atoms with E-state index in [-0.39, 0.29) is 5.91 Å². The molecule has 156 valence electrons. The fourth-order valence-corrected chi connectivity index (χ4v) is 4.62. The maximum atomic E-state index is 13.4. The largest absolute Gasteiger partial charge is 0.496 e. The molecule has 0 unspecified atom stereocenters. The molecule has 0 saturated carbocycles. The van der Waals surface area contributed by atoms with Crippen molar-refractivity contribution >= 4 is 56.2 Å². The summed E-state index contributed by atoms with van der Waals surface area (Å²) < 4.78 is 11.6. The molecule has 3 aromatic rings. The van der Waals surface area contributed by atoms with Crippen LogP contribution in [0.25, 0.3) is 6.08 Å². The molecule has 4 rings (SSSR count). The third-order valence-corrected chi connectivity index (χ3v) is 6.18. The number of nitrogens with zero attached hydrogens (tertiary/aromatic N) is 2. The van der Waals surface area contributed by atoms with Gasteiger partial charge in [0.05, 0.1) is 35.0 Å². The Labute approximate surface area is 193 Å². The Morgan fingerprint density at radius 2 is 1.58 bits per heavy atom. The predicted octanol–water partition coefficient (Wildman–Crippen LogP) is 6.27. The Balaban J connectivity index is 1.79. The van der Waals surface area contributed by atoms with E-state index in [0.717, 1.165) is 21.4 Å². The van der Waals surface area contributed by atoms with Crippen LogP contribution in [0, 0.1) is 0 Å². The standard InChI is InChI=1S/C24H19BrN2O3S/c1-29-20-15-21(30-2)19(25)13-16(20)14-22-23(28)27(18-11-7-4-8-12-18)24(31-22)26-17-9-5-3-6-10-17/h3-15H,1-2H3/b22-14+,26-24?. The van der Waals surface area contributed by atoms with Gasteiger partial charge in [0.25, 0.3) is 5.91 Å². The highest BCUT2D eigenvalue weighted by Gasteiger charge is 2.35. The molecule has 0 spiro atoms. The number of hydrogen-bond donors (Lipinski definition) is 0. The molecule has 3 aromatic carbocycles. The molecular weight excluding hydrogens is 476 g/mol. The summed E-state index contributed by atoms with van der Waals surface area (Å²) in [5.74, 6) is 1.13. The van der Waals surface area contributed by atoms with Crippen molar-refractivity contribution in [3.05, 3.63) is 87.7 Å². The first-order chi connectivity index (χ1) is 15.1. The van der Waals surface area contributed by atoms with E-state index in [1.165, 1.54) is 11.8 Å². The number of carbonyl (C=O) groups is 1. The number of hydrogen-bond acceptors (Lipinski definition) is 5. The number of para-hydroxylation sites is 2. The highest BCUT2D eigenvalue weighted by Crippen LogP contribution is 2.40. The molecule has 0 aliphatic carbocycles. The lowest BCUT2D eigenvalue weighted by Crippen LogP contribution is -2.28. The smallest absolute Gasteiger partial charge is 0.271 e. The highest BCUT2D eigenvalue weighted by molar-refractivity contribution is 9.10. The number of thioether (sulfide) groups is 1. The molecule has 1 amide bonds. The fourth-order valence-electron chi connectivity index (χ4n) is 3.10. The lowest BCUT2D eigenvalue weighted by molar-refractivity contribution is -0.113. The van der Waals surface area contributed by atoms with Crippen LogP contribution in [0.5, 0.6) is 11.5 Å². The van der Waals surface area contributed by atoms with Crippen molar-refractivity contribution in [1.29, 1.82) is 0 Å². The first kappa shape index (κ1) is 21.2. The number of benzene rings is 3. The van der Waals surface area contributed by atoms with Gasteiger partial charge in [-0.2, -0.15) is 0 Å². The van der Waals surface area contributed by atoms with E-state index in [9.17, 15) is 4.79 Å². The van der Waals surface area contributed by atoms with Crippen LogP contribution in [-0.2, 0) is 4.79 Å². The van der Waals surface area contributed by atoms with E-state index in [1.807, 2.05) is 72.8 Å². The maximum absolute atomic E-state index is 13.4. The quantitative estimate of drug-likeness (QED) is 0.392. The number of ether oxygens (including phenoxy) is 2. The second-order valence-electron chi connectivity index (χ2n) is 6.55. The van der Waals surface area contributed by atoms with Crippen LogP contribution in [0.1, 0.15) is 5.56 Å². The minimum absolute atomic E-state index is 0.139. The number of anilines is 1. The monoisotopic (exact) mass is 494 g/mol. The molecule has 1 aliphatic rings. The zero-order valence-corrected chi connectivity index (χ0v) is 19.3. The third kappa shape index (κ3) is 4.52. The summed E-state index contributed by atoms with van der Waals surface area (Å²) in [6.45, 7) is 0. The second-order valence-corrected chi connectivity index (χ2v) is 8.41. The molecule has 0 atom stereocenters. The molecule has 7 heteroatoms. The Kier molecular flexibility index (Phi) is 6.44. The first-order valence-corrected chi connectivity index (χ1v) is 11.1. The van der Waals surface area contributed by atoms with Gasteiger partial charge in [0.2, 0.25) is 0 Å². The predicted molar refractivity (Wildman–Crippen MR) is 130 cm³/mol. The molecule has 0 aromatic heterocycles. The number of rotatable bonds is 5. The third-order valence-electron chi connectivity index (χ3n) is 4.59. The SMILES string of the molecule is COc1cc(OC)c(/C=C2/SC(=Nc3ccccc3)N(c3ccccc3)C2=O)cc1Br. The van der Waals surface area contributed by atoms with E-state index in [4.69, 9.17) is 14.5 Å². The van der Waals surface area contributed by atoms with Crippen LogP contribution in [-0.4, -0.2) is 25.3 Å². The molecule has 1 saturated heterocycles. The topological polar surface area (TPSA) is 51.1 Å². The van der Waals surface area contributed by atoms with E-state index in [2.05, 4.69) is 15.9 Å². The molecule has 31 heavy (non-hydrogen) atoms. The summed E-state index contributed by atoms with van der Waals surface area (Å²) in [5.41, 5.74) is 2.31. The Hall–Kier alpha value is -3.03. The lowest BCUT2D eigenvalue weighted by Gasteiger charge is -2.15. The summed E-state index contributed by atoms with van der Waals surface area (Å²) in [6, 6.07) is 22.8. The summed E-state index contributed by atoms with van der Waals surface area (Å²) in [5, 5.41) is 0.597.